The molecule has 1 aromatic heterocycles. The third-order valence-electron chi connectivity index (χ3n) is 2.68. The summed E-state index contributed by atoms with van der Waals surface area (Å²) in [5.74, 6) is 6.43. The van der Waals surface area contributed by atoms with Gasteiger partial charge < -0.3 is 4.42 Å². The smallest absolute Gasteiger partial charge is 0.122 e. The number of hydrazine groups is 1. The molecule has 0 fully saturated rings. The highest BCUT2D eigenvalue weighted by atomic mass is 16.3. The van der Waals surface area contributed by atoms with Crippen LogP contribution in [0.5, 0.6) is 0 Å². The summed E-state index contributed by atoms with van der Waals surface area (Å²) in [6.45, 7) is 2.23. The van der Waals surface area contributed by atoms with Crippen molar-refractivity contribution in [3.05, 3.63) is 24.2 Å². The van der Waals surface area contributed by atoms with E-state index in [2.05, 4.69) is 12.3 Å². The second-order valence-corrected chi connectivity index (χ2v) is 3.94. The first-order valence-corrected chi connectivity index (χ1v) is 5.88. The second-order valence-electron chi connectivity index (χ2n) is 3.94. The van der Waals surface area contributed by atoms with Gasteiger partial charge in [-0.25, -0.2) is 5.43 Å². The maximum Gasteiger partial charge on any atom is 0.122 e. The number of nitrogens with one attached hydrogen (secondary N) is 1. The molecule has 3 N–H and O–H groups in total. The van der Waals surface area contributed by atoms with Gasteiger partial charge >= 0.3 is 0 Å². The molecule has 3 heteroatoms. The normalized spacial score (nSPS) is 12.9. The van der Waals surface area contributed by atoms with Crippen LogP contribution < -0.4 is 11.3 Å². The lowest BCUT2D eigenvalue weighted by Gasteiger charge is -2.12. The lowest BCUT2D eigenvalue weighted by atomic mass is 10.1. The van der Waals surface area contributed by atoms with Crippen LogP contribution in [0.1, 0.15) is 57.3 Å². The Morgan fingerprint density at radius 1 is 1.33 bits per heavy atom. The fraction of sp³-hybridized carbons (Fsp3) is 0.667. The first kappa shape index (κ1) is 12.3. The number of hydrogen-bond acceptors (Lipinski definition) is 3. The number of nitrogens with two attached hydrogens (primary N) is 1. The molecule has 1 aromatic rings. The number of rotatable bonds is 8. The summed E-state index contributed by atoms with van der Waals surface area (Å²) in [7, 11) is 0. The predicted molar refractivity (Wildman–Crippen MR) is 62.1 cm³/mol. The van der Waals surface area contributed by atoms with Crippen LogP contribution in [-0.4, -0.2) is 0 Å². The molecule has 1 heterocycles. The summed E-state index contributed by atoms with van der Waals surface area (Å²) < 4.78 is 5.32. The van der Waals surface area contributed by atoms with Crippen LogP contribution in [0.25, 0.3) is 0 Å². The molecule has 0 spiro atoms. The van der Waals surface area contributed by atoms with Gasteiger partial charge in [-0.3, -0.25) is 5.84 Å². The van der Waals surface area contributed by atoms with Gasteiger partial charge in [0.25, 0.3) is 0 Å². The van der Waals surface area contributed by atoms with Gasteiger partial charge in [-0.05, 0) is 18.6 Å². The zero-order valence-corrected chi connectivity index (χ0v) is 9.54. The van der Waals surface area contributed by atoms with Crippen LogP contribution in [0.4, 0.5) is 0 Å². The molecule has 0 amide bonds. The Morgan fingerprint density at radius 2 is 2.13 bits per heavy atom. The van der Waals surface area contributed by atoms with Crippen molar-refractivity contribution in [3.8, 4) is 0 Å². The molecule has 86 valence electrons. The molecule has 0 bridgehead atoms. The summed E-state index contributed by atoms with van der Waals surface area (Å²) >= 11 is 0. The summed E-state index contributed by atoms with van der Waals surface area (Å²) in [5, 5.41) is 0. The first-order chi connectivity index (χ1) is 7.38. The van der Waals surface area contributed by atoms with Crippen molar-refractivity contribution in [2.45, 2.75) is 51.5 Å². The van der Waals surface area contributed by atoms with Crippen molar-refractivity contribution >= 4 is 0 Å². The molecule has 1 rings (SSSR count). The topological polar surface area (TPSA) is 51.2 Å². The molecule has 3 nitrogen and oxygen atoms in total. The zero-order chi connectivity index (χ0) is 10.9. The average molecular weight is 210 g/mol. The van der Waals surface area contributed by atoms with Gasteiger partial charge in [0.1, 0.15) is 5.76 Å². The van der Waals surface area contributed by atoms with Crippen LogP contribution in [-0.2, 0) is 0 Å². The van der Waals surface area contributed by atoms with E-state index in [-0.39, 0.29) is 6.04 Å². The lowest BCUT2D eigenvalue weighted by molar-refractivity contribution is 0.389. The Morgan fingerprint density at radius 3 is 2.73 bits per heavy atom. The molecular formula is C12H22N2O. The van der Waals surface area contributed by atoms with E-state index < -0.39 is 0 Å². The minimum atomic E-state index is 0.168. The van der Waals surface area contributed by atoms with E-state index in [4.69, 9.17) is 10.3 Å². The molecule has 1 unspecified atom stereocenters. The van der Waals surface area contributed by atoms with E-state index >= 15 is 0 Å². The average Bonchev–Trinajstić information content (AvgIpc) is 2.77. The molecule has 15 heavy (non-hydrogen) atoms. The fourth-order valence-electron chi connectivity index (χ4n) is 1.75. The van der Waals surface area contributed by atoms with Gasteiger partial charge in [0.05, 0.1) is 12.3 Å². The van der Waals surface area contributed by atoms with Crippen molar-refractivity contribution in [1.82, 2.24) is 5.43 Å². The van der Waals surface area contributed by atoms with Gasteiger partial charge in [-0.1, -0.05) is 39.0 Å². The third kappa shape index (κ3) is 4.49. The van der Waals surface area contributed by atoms with E-state index in [1.807, 2.05) is 12.1 Å². The quantitative estimate of drug-likeness (QED) is 0.394. The summed E-state index contributed by atoms with van der Waals surface area (Å²) in [6, 6.07) is 4.04. The minimum Gasteiger partial charge on any atom is -0.468 e. The fourth-order valence-corrected chi connectivity index (χ4v) is 1.75. The molecule has 0 saturated heterocycles. The molecule has 1 atom stereocenters. The minimum absolute atomic E-state index is 0.168. The summed E-state index contributed by atoms with van der Waals surface area (Å²) in [4.78, 5) is 0. The Kier molecular flexibility index (Phi) is 6.12. The summed E-state index contributed by atoms with van der Waals surface area (Å²) in [5.41, 5.74) is 2.80. The molecule has 0 saturated carbocycles. The molecule has 0 radical (unpaired) electrons. The van der Waals surface area contributed by atoms with Crippen molar-refractivity contribution in [1.29, 1.82) is 0 Å². The SMILES string of the molecule is CCCCCCCC(NN)c1ccco1. The van der Waals surface area contributed by atoms with Crippen LogP contribution in [0, 0.1) is 0 Å². The summed E-state index contributed by atoms with van der Waals surface area (Å²) in [6.07, 6.45) is 9.18. The van der Waals surface area contributed by atoms with Gasteiger partial charge in [-0.2, -0.15) is 0 Å². The molecule has 0 aromatic carbocycles. The van der Waals surface area contributed by atoms with Crippen molar-refractivity contribution in [2.75, 3.05) is 0 Å². The lowest BCUT2D eigenvalue weighted by Crippen LogP contribution is -2.27. The van der Waals surface area contributed by atoms with Crippen LogP contribution in [0.15, 0.2) is 22.8 Å². The van der Waals surface area contributed by atoms with Crippen LogP contribution >= 0.6 is 0 Å². The van der Waals surface area contributed by atoms with Crippen LogP contribution in [0.3, 0.4) is 0 Å². The van der Waals surface area contributed by atoms with Crippen molar-refractivity contribution in [2.24, 2.45) is 5.84 Å². The zero-order valence-electron chi connectivity index (χ0n) is 9.54. The van der Waals surface area contributed by atoms with Gasteiger partial charge in [0.2, 0.25) is 0 Å². The Labute approximate surface area is 92.0 Å². The third-order valence-corrected chi connectivity index (χ3v) is 2.68. The molecular weight excluding hydrogens is 188 g/mol. The maximum absolute atomic E-state index is 5.49. The van der Waals surface area contributed by atoms with Crippen molar-refractivity contribution in [3.63, 3.8) is 0 Å². The number of unbranched alkanes of at least 4 members (excludes halogenated alkanes) is 4. The highest BCUT2D eigenvalue weighted by Crippen LogP contribution is 2.19. The Hall–Kier alpha value is -0.800. The maximum atomic E-state index is 5.49. The Balaban J connectivity index is 2.18. The van der Waals surface area contributed by atoms with E-state index in [0.29, 0.717) is 0 Å². The second kappa shape index (κ2) is 7.49. The van der Waals surface area contributed by atoms with E-state index in [9.17, 15) is 0 Å². The molecule has 0 aliphatic rings. The van der Waals surface area contributed by atoms with E-state index in [1.165, 1.54) is 32.1 Å². The molecule has 0 aliphatic heterocycles. The molecule has 0 aliphatic carbocycles. The van der Waals surface area contributed by atoms with Gasteiger partial charge in [-0.15, -0.1) is 0 Å². The monoisotopic (exact) mass is 210 g/mol. The van der Waals surface area contributed by atoms with Crippen molar-refractivity contribution < 1.29 is 4.42 Å². The van der Waals surface area contributed by atoms with Gasteiger partial charge in [0, 0.05) is 0 Å². The standard InChI is InChI=1S/C12H22N2O/c1-2-3-4-5-6-8-11(14-13)12-9-7-10-15-12/h7,9-11,14H,2-6,8,13H2,1H3. The number of furan rings is 1. The van der Waals surface area contributed by atoms with Crippen LogP contribution in [0.2, 0.25) is 0 Å². The largest absolute Gasteiger partial charge is 0.468 e. The van der Waals surface area contributed by atoms with E-state index in [0.717, 1.165) is 12.2 Å². The number of hydrogen-bond donors (Lipinski definition) is 2. The highest BCUT2D eigenvalue weighted by Gasteiger charge is 2.11. The Bertz CT molecular complexity index is 234. The van der Waals surface area contributed by atoms with E-state index in [1.54, 1.807) is 6.26 Å². The predicted octanol–water partition coefficient (Wildman–Crippen LogP) is 3.14. The van der Waals surface area contributed by atoms with Gasteiger partial charge in [0.15, 0.2) is 0 Å². The first-order valence-electron chi connectivity index (χ1n) is 5.88. The highest BCUT2D eigenvalue weighted by molar-refractivity contribution is 5.03.